The van der Waals surface area contributed by atoms with Crippen molar-refractivity contribution in [3.63, 3.8) is 0 Å². The third kappa shape index (κ3) is 4.37. The van der Waals surface area contributed by atoms with Crippen LogP contribution in [0.15, 0.2) is 29.8 Å². The molecular formula is C20H30ClNO. The summed E-state index contributed by atoms with van der Waals surface area (Å²) in [5.74, 6) is 0.560. The molecule has 0 spiro atoms. The van der Waals surface area contributed by atoms with Crippen LogP contribution in [0.2, 0.25) is 5.02 Å². The molecule has 0 heterocycles. The molecule has 1 aliphatic carbocycles. The number of halogens is 1. The van der Waals surface area contributed by atoms with Crippen molar-refractivity contribution in [1.29, 1.82) is 0 Å². The molecule has 0 bridgehead atoms. The summed E-state index contributed by atoms with van der Waals surface area (Å²) in [6.07, 6.45) is 6.84. The van der Waals surface area contributed by atoms with E-state index in [0.29, 0.717) is 5.92 Å². The molecule has 2 unspecified atom stereocenters. The monoisotopic (exact) mass is 335 g/mol. The van der Waals surface area contributed by atoms with Gasteiger partial charge in [0.2, 0.25) is 0 Å². The molecule has 1 saturated carbocycles. The summed E-state index contributed by atoms with van der Waals surface area (Å²) in [5.41, 5.74) is 1.43. The molecule has 0 aromatic heterocycles. The minimum absolute atomic E-state index is 0.198. The molecule has 2 atom stereocenters. The van der Waals surface area contributed by atoms with Crippen molar-refractivity contribution in [2.75, 3.05) is 20.6 Å². The van der Waals surface area contributed by atoms with E-state index in [4.69, 9.17) is 11.6 Å². The molecule has 0 aliphatic heterocycles. The number of rotatable bonds is 6. The van der Waals surface area contributed by atoms with E-state index in [1.807, 2.05) is 24.3 Å². The Kier molecular flexibility index (Phi) is 6.30. The number of hydrogen-bond donors (Lipinski definition) is 1. The lowest BCUT2D eigenvalue weighted by molar-refractivity contribution is -0.0350. The van der Waals surface area contributed by atoms with Gasteiger partial charge in [0.15, 0.2) is 0 Å². The topological polar surface area (TPSA) is 23.5 Å². The smallest absolute Gasteiger partial charge is 0.0922 e. The first kappa shape index (κ1) is 18.5. The van der Waals surface area contributed by atoms with E-state index in [2.05, 4.69) is 38.9 Å². The van der Waals surface area contributed by atoms with Gasteiger partial charge in [0.25, 0.3) is 0 Å². The van der Waals surface area contributed by atoms with Crippen molar-refractivity contribution < 1.29 is 5.11 Å². The van der Waals surface area contributed by atoms with Crippen LogP contribution < -0.4 is 0 Å². The molecule has 2 nitrogen and oxygen atoms in total. The van der Waals surface area contributed by atoms with Crippen molar-refractivity contribution in [3.05, 3.63) is 40.4 Å². The Balaban J connectivity index is 2.33. The zero-order chi connectivity index (χ0) is 17.0. The normalized spacial score (nSPS) is 20.7. The van der Waals surface area contributed by atoms with Gasteiger partial charge in [0.05, 0.1) is 5.60 Å². The minimum Gasteiger partial charge on any atom is -0.385 e. The van der Waals surface area contributed by atoms with E-state index in [-0.39, 0.29) is 5.92 Å². The molecule has 3 heteroatoms. The van der Waals surface area contributed by atoms with E-state index in [9.17, 15) is 5.11 Å². The van der Waals surface area contributed by atoms with E-state index in [1.165, 1.54) is 12.8 Å². The zero-order valence-electron chi connectivity index (χ0n) is 14.8. The maximum absolute atomic E-state index is 11.7. The molecule has 1 aromatic rings. The molecule has 2 rings (SSSR count). The Bertz CT molecular complexity index is 531. The second kappa shape index (κ2) is 7.83. The zero-order valence-corrected chi connectivity index (χ0v) is 15.6. The van der Waals surface area contributed by atoms with Gasteiger partial charge in [-0.15, -0.1) is 0 Å². The summed E-state index contributed by atoms with van der Waals surface area (Å²) in [6.45, 7) is 5.15. The Morgan fingerprint density at radius 3 is 2.39 bits per heavy atom. The maximum atomic E-state index is 11.7. The first-order valence-electron chi connectivity index (χ1n) is 8.65. The second-order valence-corrected chi connectivity index (χ2v) is 7.79. The highest BCUT2D eigenvalue weighted by Crippen LogP contribution is 2.43. The number of aliphatic hydroxyl groups is 1. The highest BCUT2D eigenvalue weighted by molar-refractivity contribution is 6.30. The Morgan fingerprint density at radius 1 is 1.30 bits per heavy atom. The van der Waals surface area contributed by atoms with Gasteiger partial charge >= 0.3 is 0 Å². The molecule has 128 valence electrons. The predicted octanol–water partition coefficient (Wildman–Crippen LogP) is 4.86. The van der Waals surface area contributed by atoms with Gasteiger partial charge in [-0.3, -0.25) is 0 Å². The van der Waals surface area contributed by atoms with Crippen molar-refractivity contribution in [3.8, 4) is 0 Å². The summed E-state index contributed by atoms with van der Waals surface area (Å²) in [7, 11) is 4.15. The molecule has 1 aliphatic rings. The van der Waals surface area contributed by atoms with Crippen molar-refractivity contribution in [2.45, 2.75) is 45.1 Å². The van der Waals surface area contributed by atoms with Crippen molar-refractivity contribution >= 4 is 17.7 Å². The quantitative estimate of drug-likeness (QED) is 0.802. The Labute approximate surface area is 146 Å². The van der Waals surface area contributed by atoms with Crippen molar-refractivity contribution in [1.82, 2.24) is 4.90 Å². The molecular weight excluding hydrogens is 306 g/mol. The highest BCUT2D eigenvalue weighted by atomic mass is 35.5. The Morgan fingerprint density at radius 2 is 1.87 bits per heavy atom. The van der Waals surface area contributed by atoms with Gasteiger partial charge in [0, 0.05) is 17.5 Å². The molecule has 1 N–H and O–H groups in total. The molecule has 0 radical (unpaired) electrons. The van der Waals surface area contributed by atoms with Crippen molar-refractivity contribution in [2.24, 2.45) is 11.8 Å². The molecule has 1 fully saturated rings. The van der Waals surface area contributed by atoms with Crippen LogP contribution >= 0.6 is 11.6 Å². The van der Waals surface area contributed by atoms with Crippen LogP contribution in [0.5, 0.6) is 0 Å². The number of benzene rings is 1. The minimum atomic E-state index is -0.736. The fraction of sp³-hybridized carbons (Fsp3) is 0.600. The molecule has 0 saturated heterocycles. The van der Waals surface area contributed by atoms with Gasteiger partial charge < -0.3 is 10.0 Å². The van der Waals surface area contributed by atoms with E-state index >= 15 is 0 Å². The summed E-state index contributed by atoms with van der Waals surface area (Å²) in [6, 6.07) is 7.83. The SMILES string of the molecule is CC(=Cc1ccc(Cl)cc1)C(O)(C(C)CN(C)C)C1CCCC1. The predicted molar refractivity (Wildman–Crippen MR) is 99.7 cm³/mol. The lowest BCUT2D eigenvalue weighted by Crippen LogP contribution is -2.47. The third-order valence-corrected chi connectivity index (χ3v) is 5.50. The largest absolute Gasteiger partial charge is 0.385 e. The van der Waals surface area contributed by atoms with Crippen LogP contribution in [0.1, 0.15) is 45.1 Å². The van der Waals surface area contributed by atoms with Gasteiger partial charge in [0.1, 0.15) is 0 Å². The van der Waals surface area contributed by atoms with E-state index < -0.39 is 5.60 Å². The second-order valence-electron chi connectivity index (χ2n) is 7.35. The standard InChI is InChI=1S/C20H30ClNO/c1-15(13-17-9-11-19(21)12-10-17)20(23,16(2)14-22(3)4)18-7-5-6-8-18/h9-13,16,18,23H,5-8,14H2,1-4H3. The summed E-state index contributed by atoms with van der Waals surface area (Å²) >= 11 is 5.97. The molecule has 23 heavy (non-hydrogen) atoms. The maximum Gasteiger partial charge on any atom is 0.0922 e. The third-order valence-electron chi connectivity index (χ3n) is 5.25. The van der Waals surface area contributed by atoms with Gasteiger partial charge in [-0.1, -0.05) is 49.6 Å². The lowest BCUT2D eigenvalue weighted by atomic mass is 9.71. The fourth-order valence-electron chi connectivity index (χ4n) is 4.09. The summed E-state index contributed by atoms with van der Waals surface area (Å²) in [4.78, 5) is 2.17. The van der Waals surface area contributed by atoms with Crippen LogP contribution in [0, 0.1) is 11.8 Å². The van der Waals surface area contributed by atoms with Gasteiger partial charge in [-0.25, -0.2) is 0 Å². The van der Waals surface area contributed by atoms with Crippen LogP contribution in [-0.2, 0) is 0 Å². The average molecular weight is 336 g/mol. The number of hydrogen-bond acceptors (Lipinski definition) is 2. The fourth-order valence-corrected chi connectivity index (χ4v) is 4.22. The van der Waals surface area contributed by atoms with Crippen LogP contribution in [0.3, 0.4) is 0 Å². The first-order chi connectivity index (χ1) is 10.8. The Hall–Kier alpha value is -0.830. The van der Waals surface area contributed by atoms with Gasteiger partial charge in [-0.05, 0) is 63.0 Å². The summed E-state index contributed by atoms with van der Waals surface area (Å²) in [5, 5.41) is 12.4. The first-order valence-corrected chi connectivity index (χ1v) is 9.03. The van der Waals surface area contributed by atoms with Crippen LogP contribution in [0.25, 0.3) is 6.08 Å². The molecule has 0 amide bonds. The van der Waals surface area contributed by atoms with E-state index in [0.717, 1.165) is 35.5 Å². The van der Waals surface area contributed by atoms with Gasteiger partial charge in [-0.2, -0.15) is 0 Å². The van der Waals surface area contributed by atoms with Crippen LogP contribution in [0.4, 0.5) is 0 Å². The lowest BCUT2D eigenvalue weighted by Gasteiger charge is -2.41. The average Bonchev–Trinajstić information content (AvgIpc) is 3.02. The summed E-state index contributed by atoms with van der Waals surface area (Å²) < 4.78 is 0. The molecule has 1 aromatic carbocycles. The van der Waals surface area contributed by atoms with E-state index in [1.54, 1.807) is 0 Å². The van der Waals surface area contributed by atoms with Crippen LogP contribution in [-0.4, -0.2) is 36.2 Å². The highest BCUT2D eigenvalue weighted by Gasteiger charge is 2.44. The number of nitrogens with zero attached hydrogens (tertiary/aromatic N) is 1.